The zero-order valence-electron chi connectivity index (χ0n) is 18.4. The van der Waals surface area contributed by atoms with E-state index >= 15 is 0 Å². The molecule has 5 rings (SSSR count). The van der Waals surface area contributed by atoms with E-state index in [1.165, 1.54) is 11.2 Å². The van der Waals surface area contributed by atoms with Crippen molar-refractivity contribution in [1.82, 2.24) is 39.3 Å². The molecule has 2 saturated heterocycles. The Morgan fingerprint density at radius 3 is 2.67 bits per heavy atom. The molecular weight excluding hydrogens is 434 g/mol. The summed E-state index contributed by atoms with van der Waals surface area (Å²) in [5, 5.41) is 0. The molecule has 5 heterocycles. The number of aryl methyl sites for hydroxylation is 2. The summed E-state index contributed by atoms with van der Waals surface area (Å²) in [7, 11) is 0. The summed E-state index contributed by atoms with van der Waals surface area (Å²) in [5.74, 6) is -1.15. The van der Waals surface area contributed by atoms with Crippen LogP contribution >= 0.6 is 0 Å². The van der Waals surface area contributed by atoms with Gasteiger partial charge in [0.1, 0.15) is 24.1 Å². The fourth-order valence-electron chi connectivity index (χ4n) is 4.29. The van der Waals surface area contributed by atoms with E-state index in [0.29, 0.717) is 54.7 Å². The molecule has 3 aromatic heterocycles. The SMILES string of the molecule is CCn1c(-c2cnc(C)nc2)nc2c(OC3CCN(C(=O)N4CCC(F)(F)C4)C3)ncnc21. The van der Waals surface area contributed by atoms with Gasteiger partial charge in [0.2, 0.25) is 5.88 Å². The lowest BCUT2D eigenvalue weighted by Crippen LogP contribution is -2.42. The number of halogens is 2. The Morgan fingerprint density at radius 1 is 1.18 bits per heavy atom. The number of hydrogen-bond donors (Lipinski definition) is 0. The molecule has 10 nitrogen and oxygen atoms in total. The first kappa shape index (κ1) is 21.4. The molecule has 33 heavy (non-hydrogen) atoms. The smallest absolute Gasteiger partial charge is 0.320 e. The predicted octanol–water partition coefficient (Wildman–Crippen LogP) is 2.53. The fraction of sp³-hybridized carbons (Fsp3) is 0.524. The van der Waals surface area contributed by atoms with Crippen molar-refractivity contribution >= 4 is 17.2 Å². The third-order valence-corrected chi connectivity index (χ3v) is 5.99. The van der Waals surface area contributed by atoms with Crippen molar-refractivity contribution in [3.63, 3.8) is 0 Å². The lowest BCUT2D eigenvalue weighted by Gasteiger charge is -2.24. The number of hydrogen-bond acceptors (Lipinski definition) is 7. The zero-order chi connectivity index (χ0) is 23.2. The highest BCUT2D eigenvalue weighted by molar-refractivity contribution is 5.81. The summed E-state index contributed by atoms with van der Waals surface area (Å²) in [4.78, 5) is 37.3. The molecule has 2 fully saturated rings. The van der Waals surface area contributed by atoms with E-state index in [-0.39, 0.29) is 25.1 Å². The number of likely N-dealkylation sites (tertiary alicyclic amines) is 2. The van der Waals surface area contributed by atoms with Crippen LogP contribution in [0.4, 0.5) is 13.6 Å². The van der Waals surface area contributed by atoms with Crippen LogP contribution in [-0.4, -0.2) is 83.5 Å². The number of nitrogens with zero attached hydrogens (tertiary/aromatic N) is 8. The first-order valence-electron chi connectivity index (χ1n) is 10.9. The van der Waals surface area contributed by atoms with Gasteiger partial charge in [0, 0.05) is 44.9 Å². The van der Waals surface area contributed by atoms with Crippen molar-refractivity contribution in [3.8, 4) is 17.3 Å². The summed E-state index contributed by atoms with van der Waals surface area (Å²) >= 11 is 0. The second-order valence-electron chi connectivity index (χ2n) is 8.33. The van der Waals surface area contributed by atoms with E-state index in [1.54, 1.807) is 17.3 Å². The van der Waals surface area contributed by atoms with Crippen LogP contribution in [0.1, 0.15) is 25.6 Å². The van der Waals surface area contributed by atoms with Crippen molar-refractivity contribution in [1.29, 1.82) is 0 Å². The first-order chi connectivity index (χ1) is 15.8. The molecule has 0 bridgehead atoms. The summed E-state index contributed by atoms with van der Waals surface area (Å²) in [6, 6.07) is -0.372. The van der Waals surface area contributed by atoms with E-state index < -0.39 is 12.5 Å². The first-order valence-corrected chi connectivity index (χ1v) is 10.9. The van der Waals surface area contributed by atoms with Crippen LogP contribution in [0.2, 0.25) is 0 Å². The largest absolute Gasteiger partial charge is 0.471 e. The Balaban J connectivity index is 1.35. The van der Waals surface area contributed by atoms with E-state index in [4.69, 9.17) is 9.72 Å². The minimum absolute atomic E-state index is 0.0698. The topological polar surface area (TPSA) is 102 Å². The highest BCUT2D eigenvalue weighted by Crippen LogP contribution is 2.30. The molecule has 0 spiro atoms. The number of imidazole rings is 1. The van der Waals surface area contributed by atoms with Gasteiger partial charge in [-0.25, -0.2) is 33.5 Å². The third-order valence-electron chi connectivity index (χ3n) is 5.99. The van der Waals surface area contributed by atoms with Gasteiger partial charge in [-0.15, -0.1) is 0 Å². The molecule has 3 aromatic rings. The van der Waals surface area contributed by atoms with Crippen molar-refractivity contribution < 1.29 is 18.3 Å². The van der Waals surface area contributed by atoms with Crippen LogP contribution in [-0.2, 0) is 6.54 Å². The molecule has 12 heteroatoms. The Bertz CT molecular complexity index is 1180. The lowest BCUT2D eigenvalue weighted by molar-refractivity contribution is 0.0140. The Kier molecular flexibility index (Phi) is 5.29. The number of alkyl halides is 2. The van der Waals surface area contributed by atoms with E-state index in [1.807, 2.05) is 18.4 Å². The molecule has 0 aromatic carbocycles. The van der Waals surface area contributed by atoms with E-state index in [9.17, 15) is 13.6 Å². The van der Waals surface area contributed by atoms with Crippen LogP contribution < -0.4 is 4.74 Å². The molecule has 174 valence electrons. The van der Waals surface area contributed by atoms with Gasteiger partial charge in [0.05, 0.1) is 18.7 Å². The highest BCUT2D eigenvalue weighted by Gasteiger charge is 2.42. The van der Waals surface area contributed by atoms with Crippen molar-refractivity contribution in [2.24, 2.45) is 0 Å². The van der Waals surface area contributed by atoms with Crippen molar-refractivity contribution in [2.45, 2.75) is 45.3 Å². The van der Waals surface area contributed by atoms with Gasteiger partial charge in [-0.2, -0.15) is 4.98 Å². The van der Waals surface area contributed by atoms with Gasteiger partial charge in [-0.1, -0.05) is 0 Å². The number of fused-ring (bicyclic) bond motifs is 1. The quantitative estimate of drug-likeness (QED) is 0.592. The zero-order valence-corrected chi connectivity index (χ0v) is 18.4. The van der Waals surface area contributed by atoms with Crippen LogP contribution in [0.3, 0.4) is 0 Å². The van der Waals surface area contributed by atoms with E-state index in [2.05, 4.69) is 19.9 Å². The van der Waals surface area contributed by atoms with Gasteiger partial charge in [-0.05, 0) is 13.8 Å². The Hall–Kier alpha value is -3.44. The van der Waals surface area contributed by atoms with Crippen LogP contribution in [0.15, 0.2) is 18.7 Å². The number of ether oxygens (including phenoxy) is 1. The van der Waals surface area contributed by atoms with Gasteiger partial charge in [0.25, 0.3) is 5.92 Å². The highest BCUT2D eigenvalue weighted by atomic mass is 19.3. The van der Waals surface area contributed by atoms with Gasteiger partial charge in [-0.3, -0.25) is 0 Å². The number of amides is 2. The molecule has 1 unspecified atom stereocenters. The molecular formula is C21H24F2N8O2. The van der Waals surface area contributed by atoms with Gasteiger partial charge >= 0.3 is 6.03 Å². The molecule has 2 aliphatic heterocycles. The maximum atomic E-state index is 13.5. The Morgan fingerprint density at radius 2 is 1.97 bits per heavy atom. The molecule has 1 atom stereocenters. The van der Waals surface area contributed by atoms with Crippen LogP contribution in [0.25, 0.3) is 22.6 Å². The monoisotopic (exact) mass is 458 g/mol. The van der Waals surface area contributed by atoms with E-state index in [0.717, 1.165) is 5.56 Å². The summed E-state index contributed by atoms with van der Waals surface area (Å²) < 4.78 is 35.0. The summed E-state index contributed by atoms with van der Waals surface area (Å²) in [6.45, 7) is 4.72. The third kappa shape index (κ3) is 4.05. The maximum absolute atomic E-state index is 13.5. The number of carbonyl (C=O) groups is 1. The molecule has 0 saturated carbocycles. The summed E-state index contributed by atoms with van der Waals surface area (Å²) in [6.07, 6.45) is 4.82. The van der Waals surface area contributed by atoms with Crippen LogP contribution in [0, 0.1) is 6.92 Å². The van der Waals surface area contributed by atoms with Crippen molar-refractivity contribution in [3.05, 3.63) is 24.5 Å². The maximum Gasteiger partial charge on any atom is 0.320 e. The van der Waals surface area contributed by atoms with Gasteiger partial charge < -0.3 is 19.1 Å². The van der Waals surface area contributed by atoms with Crippen molar-refractivity contribution in [2.75, 3.05) is 26.2 Å². The molecule has 0 N–H and O–H groups in total. The average Bonchev–Trinajstić information content (AvgIpc) is 3.50. The normalized spacial score (nSPS) is 20.1. The number of carbonyl (C=O) groups excluding carboxylic acids is 1. The lowest BCUT2D eigenvalue weighted by atomic mass is 10.3. The van der Waals surface area contributed by atoms with Gasteiger partial charge in [0.15, 0.2) is 11.2 Å². The fourth-order valence-corrected chi connectivity index (χ4v) is 4.29. The number of aromatic nitrogens is 6. The second kappa shape index (κ2) is 8.16. The number of rotatable bonds is 4. The second-order valence-corrected chi connectivity index (χ2v) is 8.33. The minimum Gasteiger partial charge on any atom is -0.471 e. The molecule has 2 amide bonds. The minimum atomic E-state index is -2.81. The standard InChI is InChI=1S/C21H24F2N8O2/c1-3-31-17(14-8-24-13(2)25-9-14)28-16-18(31)26-12-27-19(16)33-15-4-6-29(10-15)20(32)30-7-5-21(22,23)11-30/h8-9,12,15H,3-7,10-11H2,1-2H3. The molecule has 0 aliphatic carbocycles. The van der Waals surface area contributed by atoms with Crippen LogP contribution in [0.5, 0.6) is 5.88 Å². The number of urea groups is 1. The Labute approximate surface area is 188 Å². The molecule has 0 radical (unpaired) electrons. The average molecular weight is 458 g/mol. The summed E-state index contributed by atoms with van der Waals surface area (Å²) in [5.41, 5.74) is 1.90. The predicted molar refractivity (Wildman–Crippen MR) is 114 cm³/mol. The molecule has 2 aliphatic rings.